The lowest BCUT2D eigenvalue weighted by atomic mass is 10.1. The van der Waals surface area contributed by atoms with E-state index in [-0.39, 0.29) is 56.6 Å². The number of rotatable bonds is 7. The molecule has 1 aromatic carbocycles. The molecule has 1 aromatic heterocycles. The summed E-state index contributed by atoms with van der Waals surface area (Å²) >= 11 is 0. The quantitative estimate of drug-likeness (QED) is 0.534. The number of carbonyl (C=O) groups excluding carboxylic acids is 4. The van der Waals surface area contributed by atoms with Gasteiger partial charge in [0.1, 0.15) is 17.8 Å². The number of ether oxygens (including phenoxy) is 2. The van der Waals surface area contributed by atoms with E-state index in [1.54, 1.807) is 6.92 Å². The molecule has 2 saturated heterocycles. The number of cyclic esters (lactones) is 1. The van der Waals surface area contributed by atoms with E-state index >= 15 is 8.78 Å². The predicted octanol–water partition coefficient (Wildman–Crippen LogP) is 1.51. The van der Waals surface area contributed by atoms with Gasteiger partial charge in [0, 0.05) is 56.3 Å². The van der Waals surface area contributed by atoms with Crippen molar-refractivity contribution in [3.63, 3.8) is 0 Å². The Kier molecular flexibility index (Phi) is 8.42. The normalized spacial score (nSPS) is 17.9. The highest BCUT2D eigenvalue weighted by Gasteiger charge is 2.34. The van der Waals surface area contributed by atoms with Gasteiger partial charge in [0.2, 0.25) is 5.91 Å². The first-order chi connectivity index (χ1) is 18.7. The van der Waals surface area contributed by atoms with Gasteiger partial charge in [-0.3, -0.25) is 19.5 Å². The van der Waals surface area contributed by atoms with Gasteiger partial charge in [0.15, 0.2) is 11.6 Å². The van der Waals surface area contributed by atoms with Crippen LogP contribution in [0.15, 0.2) is 36.7 Å². The van der Waals surface area contributed by atoms with Crippen molar-refractivity contribution in [1.29, 1.82) is 0 Å². The van der Waals surface area contributed by atoms with Crippen LogP contribution in [0.3, 0.4) is 0 Å². The molecule has 2 N–H and O–H groups in total. The van der Waals surface area contributed by atoms with Crippen molar-refractivity contribution < 1.29 is 37.4 Å². The standard InChI is InChI=1S/C25H28F2N6O6/c1-15(30-22(34)16-3-5-28-6-4-16)23(35)32-9-7-31(8-10-32)21-19(26)11-17(12-20(21)27)33-14-18(39-25(33)37)13-29-24(36)38-2/h3-6,11-12,15,18H,7-10,13-14H2,1-2H3,(H,29,36)(H,30,34)/t15-,18-/m0/s1. The number of anilines is 2. The van der Waals surface area contributed by atoms with Crippen LogP contribution in [0, 0.1) is 11.6 Å². The monoisotopic (exact) mass is 546 g/mol. The fourth-order valence-electron chi connectivity index (χ4n) is 4.39. The number of halogens is 2. The first-order valence-corrected chi connectivity index (χ1v) is 12.2. The molecule has 0 radical (unpaired) electrons. The van der Waals surface area contributed by atoms with Crippen molar-refractivity contribution in [3.05, 3.63) is 53.9 Å². The molecule has 12 nitrogen and oxygen atoms in total. The number of benzene rings is 1. The number of piperazine rings is 1. The topological polar surface area (TPSA) is 133 Å². The number of amides is 4. The highest BCUT2D eigenvalue weighted by Crippen LogP contribution is 2.31. The maximum absolute atomic E-state index is 15.1. The van der Waals surface area contributed by atoms with Crippen molar-refractivity contribution >= 4 is 35.4 Å². The Hall–Kier alpha value is -4.49. The minimum atomic E-state index is -0.869. The van der Waals surface area contributed by atoms with Gasteiger partial charge in [0.05, 0.1) is 25.9 Å². The number of pyridine rings is 1. The molecule has 2 atom stereocenters. The fourth-order valence-corrected chi connectivity index (χ4v) is 4.39. The summed E-state index contributed by atoms with van der Waals surface area (Å²) in [7, 11) is 1.19. The second kappa shape index (κ2) is 11.9. The average Bonchev–Trinajstić information content (AvgIpc) is 3.32. The minimum Gasteiger partial charge on any atom is -0.453 e. The maximum Gasteiger partial charge on any atom is 0.414 e. The summed E-state index contributed by atoms with van der Waals surface area (Å²) in [6.07, 6.45) is 0.742. The zero-order chi connectivity index (χ0) is 28.1. The summed E-state index contributed by atoms with van der Waals surface area (Å²) in [5, 5.41) is 5.06. The molecule has 14 heteroatoms. The number of aromatic nitrogens is 1. The first kappa shape index (κ1) is 27.5. The molecule has 2 aliphatic heterocycles. The Morgan fingerprint density at radius 3 is 2.38 bits per heavy atom. The molecule has 0 spiro atoms. The van der Waals surface area contributed by atoms with E-state index in [0.717, 1.165) is 17.0 Å². The zero-order valence-corrected chi connectivity index (χ0v) is 21.4. The van der Waals surface area contributed by atoms with Gasteiger partial charge in [-0.15, -0.1) is 0 Å². The van der Waals surface area contributed by atoms with Gasteiger partial charge in [0.25, 0.3) is 5.91 Å². The third-order valence-corrected chi connectivity index (χ3v) is 6.41. The summed E-state index contributed by atoms with van der Waals surface area (Å²) in [5.74, 6) is -2.45. The highest BCUT2D eigenvalue weighted by atomic mass is 19.1. The van der Waals surface area contributed by atoms with Gasteiger partial charge in [-0.1, -0.05) is 0 Å². The second-order valence-corrected chi connectivity index (χ2v) is 8.99. The van der Waals surface area contributed by atoms with Crippen molar-refractivity contribution in [3.8, 4) is 0 Å². The number of hydrogen-bond donors (Lipinski definition) is 2. The van der Waals surface area contributed by atoms with Crippen LogP contribution < -0.4 is 20.4 Å². The van der Waals surface area contributed by atoms with E-state index < -0.39 is 41.9 Å². The number of methoxy groups -OCH3 is 1. The molecule has 4 amide bonds. The molecule has 208 valence electrons. The molecule has 2 fully saturated rings. The van der Waals surface area contributed by atoms with Crippen LogP contribution in [-0.4, -0.2) is 92.4 Å². The molecule has 0 bridgehead atoms. The summed E-state index contributed by atoms with van der Waals surface area (Å²) in [5.41, 5.74) is 0.0905. The van der Waals surface area contributed by atoms with Gasteiger partial charge >= 0.3 is 12.2 Å². The molecule has 0 aliphatic carbocycles. The number of nitrogens with one attached hydrogen (secondary N) is 2. The molecular weight excluding hydrogens is 518 g/mol. The minimum absolute atomic E-state index is 0.0161. The molecule has 3 heterocycles. The van der Waals surface area contributed by atoms with Crippen molar-refractivity contribution in [2.75, 3.05) is 56.2 Å². The zero-order valence-electron chi connectivity index (χ0n) is 21.4. The van der Waals surface area contributed by atoms with Crippen molar-refractivity contribution in [2.45, 2.75) is 19.1 Å². The van der Waals surface area contributed by atoms with Gasteiger partial charge in [-0.05, 0) is 19.1 Å². The Bertz CT molecular complexity index is 1220. The molecule has 4 rings (SSSR count). The predicted molar refractivity (Wildman–Crippen MR) is 134 cm³/mol. The van der Waals surface area contributed by atoms with Crippen LogP contribution in [0.4, 0.5) is 29.7 Å². The molecule has 0 saturated carbocycles. The Balaban J connectivity index is 1.34. The lowest BCUT2D eigenvalue weighted by molar-refractivity contribution is -0.133. The van der Waals surface area contributed by atoms with Crippen LogP contribution in [0.1, 0.15) is 17.3 Å². The molecule has 39 heavy (non-hydrogen) atoms. The Morgan fingerprint density at radius 1 is 1.13 bits per heavy atom. The number of nitrogens with zero attached hydrogens (tertiary/aromatic N) is 4. The molecule has 2 aromatic rings. The van der Waals surface area contributed by atoms with E-state index in [0.29, 0.717) is 5.56 Å². The van der Waals surface area contributed by atoms with Crippen molar-refractivity contribution in [2.24, 2.45) is 0 Å². The third kappa shape index (κ3) is 6.33. The van der Waals surface area contributed by atoms with Gasteiger partial charge in [-0.25, -0.2) is 18.4 Å². The van der Waals surface area contributed by atoms with Crippen LogP contribution in [0.5, 0.6) is 0 Å². The van der Waals surface area contributed by atoms with E-state index in [9.17, 15) is 19.2 Å². The van der Waals surface area contributed by atoms with Crippen LogP contribution in [-0.2, 0) is 14.3 Å². The maximum atomic E-state index is 15.1. The summed E-state index contributed by atoms with van der Waals surface area (Å²) < 4.78 is 39.8. The van der Waals surface area contributed by atoms with E-state index in [4.69, 9.17) is 4.74 Å². The number of carbonyl (C=O) groups is 4. The molecule has 2 aliphatic rings. The lowest BCUT2D eigenvalue weighted by Crippen LogP contribution is -2.54. The largest absolute Gasteiger partial charge is 0.453 e. The highest BCUT2D eigenvalue weighted by molar-refractivity contribution is 5.97. The van der Waals surface area contributed by atoms with Crippen LogP contribution >= 0.6 is 0 Å². The van der Waals surface area contributed by atoms with Crippen LogP contribution in [0.25, 0.3) is 0 Å². The van der Waals surface area contributed by atoms with Gasteiger partial charge in [-0.2, -0.15) is 0 Å². The fraction of sp³-hybridized carbons (Fsp3) is 0.400. The summed E-state index contributed by atoms with van der Waals surface area (Å²) in [6, 6.07) is 4.37. The Morgan fingerprint density at radius 2 is 1.77 bits per heavy atom. The van der Waals surface area contributed by atoms with E-state index in [1.165, 1.54) is 41.4 Å². The third-order valence-electron chi connectivity index (χ3n) is 6.41. The summed E-state index contributed by atoms with van der Waals surface area (Å²) in [4.78, 5) is 56.6. The Labute approximate surface area is 222 Å². The first-order valence-electron chi connectivity index (χ1n) is 12.2. The lowest BCUT2D eigenvalue weighted by Gasteiger charge is -2.37. The van der Waals surface area contributed by atoms with E-state index in [2.05, 4.69) is 20.4 Å². The van der Waals surface area contributed by atoms with Crippen LogP contribution in [0.2, 0.25) is 0 Å². The molecule has 0 unspecified atom stereocenters. The molecular formula is C25H28F2N6O6. The number of alkyl carbamates (subject to hydrolysis) is 1. The second-order valence-electron chi connectivity index (χ2n) is 8.99. The average molecular weight is 547 g/mol. The number of hydrogen-bond acceptors (Lipinski definition) is 8. The van der Waals surface area contributed by atoms with Crippen molar-refractivity contribution in [1.82, 2.24) is 20.5 Å². The summed E-state index contributed by atoms with van der Waals surface area (Å²) in [6.45, 7) is 2.26. The SMILES string of the molecule is COC(=O)NC[C@H]1CN(c2cc(F)c(N3CCN(C(=O)[C@H](C)NC(=O)c4ccncc4)CC3)c(F)c2)C(=O)O1. The van der Waals surface area contributed by atoms with E-state index in [1.807, 2.05) is 0 Å². The van der Waals surface area contributed by atoms with Gasteiger partial charge < -0.3 is 29.9 Å². The smallest absolute Gasteiger partial charge is 0.414 e.